The monoisotopic (exact) mass is 330 g/mol. The van der Waals surface area contributed by atoms with Gasteiger partial charge in [0.25, 0.3) is 0 Å². The summed E-state index contributed by atoms with van der Waals surface area (Å²) >= 11 is 0. The van der Waals surface area contributed by atoms with Gasteiger partial charge in [0.2, 0.25) is 0 Å². The summed E-state index contributed by atoms with van der Waals surface area (Å²) in [5.74, 6) is 0. The molecule has 126 valence electrons. The van der Waals surface area contributed by atoms with E-state index in [1.165, 1.54) is 5.56 Å². The van der Waals surface area contributed by atoms with Crippen LogP contribution in [0, 0.1) is 0 Å². The number of amides is 2. The number of rotatable bonds is 6. The molecule has 0 unspecified atom stereocenters. The summed E-state index contributed by atoms with van der Waals surface area (Å²) < 4.78 is 0. The molecule has 0 heterocycles. The Morgan fingerprint density at radius 3 is 1.84 bits per heavy atom. The second-order valence-electron chi connectivity index (χ2n) is 5.94. The SMILES string of the molecule is O=C(Nc1ccccc1)N(CCc1ccccc1)Cc1ccccc1. The van der Waals surface area contributed by atoms with Crippen LogP contribution in [0.1, 0.15) is 11.1 Å². The minimum atomic E-state index is -0.0778. The fourth-order valence-electron chi connectivity index (χ4n) is 2.69. The van der Waals surface area contributed by atoms with E-state index < -0.39 is 0 Å². The number of nitrogens with one attached hydrogen (secondary N) is 1. The lowest BCUT2D eigenvalue weighted by Gasteiger charge is -2.23. The summed E-state index contributed by atoms with van der Waals surface area (Å²) in [4.78, 5) is 14.6. The largest absolute Gasteiger partial charge is 0.322 e. The zero-order chi connectivity index (χ0) is 17.3. The molecular formula is C22H22N2O. The number of nitrogens with zero attached hydrogens (tertiary/aromatic N) is 1. The van der Waals surface area contributed by atoms with Gasteiger partial charge in [-0.15, -0.1) is 0 Å². The van der Waals surface area contributed by atoms with Crippen LogP contribution >= 0.6 is 0 Å². The van der Waals surface area contributed by atoms with Gasteiger partial charge in [0.05, 0.1) is 0 Å². The van der Waals surface area contributed by atoms with Crippen LogP contribution < -0.4 is 5.32 Å². The van der Waals surface area contributed by atoms with E-state index in [9.17, 15) is 4.79 Å². The van der Waals surface area contributed by atoms with Crippen LogP contribution in [0.2, 0.25) is 0 Å². The van der Waals surface area contributed by atoms with E-state index in [-0.39, 0.29) is 6.03 Å². The van der Waals surface area contributed by atoms with Crippen LogP contribution in [0.3, 0.4) is 0 Å². The average molecular weight is 330 g/mol. The third-order valence-corrected chi connectivity index (χ3v) is 4.04. The second kappa shape index (κ2) is 8.69. The standard InChI is InChI=1S/C22H22N2O/c25-22(23-21-14-8-3-9-15-21)24(18-20-12-6-2-7-13-20)17-16-19-10-4-1-5-11-19/h1-15H,16-18H2,(H,23,25). The topological polar surface area (TPSA) is 32.3 Å². The van der Waals surface area contributed by atoms with Crippen LogP contribution in [-0.2, 0) is 13.0 Å². The number of carbonyl (C=O) groups excluding carboxylic acids is 1. The molecular weight excluding hydrogens is 308 g/mol. The van der Waals surface area contributed by atoms with E-state index in [0.717, 1.165) is 17.7 Å². The lowest BCUT2D eigenvalue weighted by molar-refractivity contribution is 0.210. The molecule has 2 amide bonds. The van der Waals surface area contributed by atoms with E-state index in [0.29, 0.717) is 13.1 Å². The van der Waals surface area contributed by atoms with E-state index in [1.807, 2.05) is 83.8 Å². The first-order chi connectivity index (χ1) is 12.3. The van der Waals surface area contributed by atoms with Crippen LogP contribution in [0.5, 0.6) is 0 Å². The van der Waals surface area contributed by atoms with Crippen molar-refractivity contribution in [3.8, 4) is 0 Å². The van der Waals surface area contributed by atoms with Crippen molar-refractivity contribution in [3.05, 3.63) is 102 Å². The highest BCUT2D eigenvalue weighted by atomic mass is 16.2. The Morgan fingerprint density at radius 2 is 1.24 bits per heavy atom. The zero-order valence-electron chi connectivity index (χ0n) is 14.1. The number of benzene rings is 3. The second-order valence-corrected chi connectivity index (χ2v) is 5.94. The van der Waals surface area contributed by atoms with Gasteiger partial charge in [-0.2, -0.15) is 0 Å². The first kappa shape index (κ1) is 16.8. The van der Waals surface area contributed by atoms with Crippen molar-refractivity contribution in [3.63, 3.8) is 0 Å². The van der Waals surface area contributed by atoms with Crippen molar-refractivity contribution in [2.45, 2.75) is 13.0 Å². The molecule has 0 atom stereocenters. The lowest BCUT2D eigenvalue weighted by atomic mass is 10.1. The highest BCUT2D eigenvalue weighted by molar-refractivity contribution is 5.89. The summed E-state index contributed by atoms with van der Waals surface area (Å²) in [6, 6.07) is 29.8. The molecule has 3 aromatic rings. The van der Waals surface area contributed by atoms with Gasteiger partial charge < -0.3 is 10.2 Å². The predicted octanol–water partition coefficient (Wildman–Crippen LogP) is 4.96. The van der Waals surface area contributed by atoms with Gasteiger partial charge in [0.1, 0.15) is 0 Å². The summed E-state index contributed by atoms with van der Waals surface area (Å²) in [6.45, 7) is 1.25. The molecule has 0 aromatic heterocycles. The number of anilines is 1. The molecule has 3 rings (SSSR count). The first-order valence-electron chi connectivity index (χ1n) is 8.50. The van der Waals surface area contributed by atoms with E-state index >= 15 is 0 Å². The molecule has 0 aliphatic heterocycles. The van der Waals surface area contributed by atoms with Gasteiger partial charge in [0.15, 0.2) is 0 Å². The Kier molecular flexibility index (Phi) is 5.83. The Balaban J connectivity index is 1.70. The molecule has 3 heteroatoms. The molecule has 1 N–H and O–H groups in total. The van der Waals surface area contributed by atoms with Crippen molar-refractivity contribution >= 4 is 11.7 Å². The van der Waals surface area contributed by atoms with Gasteiger partial charge in [0, 0.05) is 18.8 Å². The number of hydrogen-bond donors (Lipinski definition) is 1. The van der Waals surface area contributed by atoms with Crippen LogP contribution in [0.25, 0.3) is 0 Å². The van der Waals surface area contributed by atoms with E-state index in [1.54, 1.807) is 0 Å². The molecule has 0 aliphatic carbocycles. The molecule has 0 saturated heterocycles. The van der Waals surface area contributed by atoms with Crippen molar-refractivity contribution in [1.82, 2.24) is 4.90 Å². The highest BCUT2D eigenvalue weighted by Gasteiger charge is 2.14. The van der Waals surface area contributed by atoms with E-state index in [2.05, 4.69) is 17.4 Å². The van der Waals surface area contributed by atoms with Gasteiger partial charge in [-0.25, -0.2) is 4.79 Å². The predicted molar refractivity (Wildman–Crippen MR) is 102 cm³/mol. The number of carbonyl (C=O) groups is 1. The Bertz CT molecular complexity index is 773. The molecule has 0 fully saturated rings. The minimum absolute atomic E-state index is 0.0778. The fraction of sp³-hybridized carbons (Fsp3) is 0.136. The van der Waals surface area contributed by atoms with Crippen molar-refractivity contribution < 1.29 is 4.79 Å². The summed E-state index contributed by atoms with van der Waals surface area (Å²) in [5.41, 5.74) is 3.16. The molecule has 25 heavy (non-hydrogen) atoms. The number of hydrogen-bond acceptors (Lipinski definition) is 1. The summed E-state index contributed by atoms with van der Waals surface area (Å²) in [5, 5.41) is 2.99. The first-order valence-corrected chi connectivity index (χ1v) is 8.50. The Morgan fingerprint density at radius 1 is 0.720 bits per heavy atom. The molecule has 3 nitrogen and oxygen atoms in total. The van der Waals surface area contributed by atoms with Gasteiger partial charge >= 0.3 is 6.03 Å². The van der Waals surface area contributed by atoms with Gasteiger partial charge in [-0.1, -0.05) is 78.9 Å². The number of urea groups is 1. The smallest absolute Gasteiger partial charge is 0.320 e. The van der Waals surface area contributed by atoms with E-state index in [4.69, 9.17) is 0 Å². The van der Waals surface area contributed by atoms with Gasteiger partial charge in [-0.05, 0) is 29.7 Å². The quantitative estimate of drug-likeness (QED) is 0.680. The lowest BCUT2D eigenvalue weighted by Crippen LogP contribution is -2.36. The molecule has 0 aliphatic rings. The maximum Gasteiger partial charge on any atom is 0.322 e. The summed E-state index contributed by atoms with van der Waals surface area (Å²) in [6.07, 6.45) is 0.829. The average Bonchev–Trinajstić information content (AvgIpc) is 2.67. The fourth-order valence-corrected chi connectivity index (χ4v) is 2.69. The third-order valence-electron chi connectivity index (χ3n) is 4.04. The van der Waals surface area contributed by atoms with Crippen LogP contribution in [-0.4, -0.2) is 17.5 Å². The van der Waals surface area contributed by atoms with Gasteiger partial charge in [-0.3, -0.25) is 0 Å². The summed E-state index contributed by atoms with van der Waals surface area (Å²) in [7, 11) is 0. The maximum absolute atomic E-state index is 12.8. The molecule has 3 aromatic carbocycles. The highest BCUT2D eigenvalue weighted by Crippen LogP contribution is 2.11. The van der Waals surface area contributed by atoms with Crippen molar-refractivity contribution in [1.29, 1.82) is 0 Å². The van der Waals surface area contributed by atoms with Crippen molar-refractivity contribution in [2.75, 3.05) is 11.9 Å². The molecule has 0 bridgehead atoms. The zero-order valence-corrected chi connectivity index (χ0v) is 14.1. The Hall–Kier alpha value is -3.07. The molecule has 0 saturated carbocycles. The third kappa shape index (κ3) is 5.21. The van der Waals surface area contributed by atoms with Crippen LogP contribution in [0.15, 0.2) is 91.0 Å². The number of para-hydroxylation sites is 1. The maximum atomic E-state index is 12.8. The van der Waals surface area contributed by atoms with Crippen LogP contribution in [0.4, 0.5) is 10.5 Å². The molecule has 0 radical (unpaired) electrons. The molecule has 0 spiro atoms. The Labute approximate surface area is 148 Å². The minimum Gasteiger partial charge on any atom is -0.320 e. The van der Waals surface area contributed by atoms with Crippen molar-refractivity contribution in [2.24, 2.45) is 0 Å². The normalized spacial score (nSPS) is 10.2.